The lowest BCUT2D eigenvalue weighted by molar-refractivity contribution is 0.666. The maximum Gasteiger partial charge on any atom is 0.0951 e. The first-order valence-corrected chi connectivity index (χ1v) is 8.45. The van der Waals surface area contributed by atoms with Gasteiger partial charge in [0.1, 0.15) is 0 Å². The summed E-state index contributed by atoms with van der Waals surface area (Å²) < 4.78 is 2.79. The molecule has 2 aliphatic rings. The van der Waals surface area contributed by atoms with Crippen molar-refractivity contribution in [3.05, 3.63) is 36.3 Å². The van der Waals surface area contributed by atoms with Crippen molar-refractivity contribution in [3.8, 4) is 11.3 Å². The fourth-order valence-electron chi connectivity index (χ4n) is 3.10. The van der Waals surface area contributed by atoms with Gasteiger partial charge < -0.3 is 9.88 Å². The molecule has 0 amide bonds. The van der Waals surface area contributed by atoms with E-state index in [0.717, 1.165) is 19.5 Å². The number of thioether (sulfide) groups is 1. The monoisotopic (exact) mass is 285 g/mol. The van der Waals surface area contributed by atoms with E-state index in [-0.39, 0.29) is 0 Å². The molecule has 1 aliphatic carbocycles. The molecule has 4 heteroatoms. The Morgan fingerprint density at radius 3 is 3.10 bits per heavy atom. The third-order valence-electron chi connectivity index (χ3n) is 4.53. The maximum absolute atomic E-state index is 4.40. The Bertz CT molecular complexity index is 643. The number of aromatic nitrogens is 2. The lowest BCUT2D eigenvalue weighted by Crippen LogP contribution is -2.14. The van der Waals surface area contributed by atoms with E-state index in [9.17, 15) is 0 Å². The summed E-state index contributed by atoms with van der Waals surface area (Å²) in [5.41, 5.74) is 5.29. The largest absolute Gasteiger partial charge is 0.384 e. The van der Waals surface area contributed by atoms with Gasteiger partial charge >= 0.3 is 0 Å². The van der Waals surface area contributed by atoms with Crippen molar-refractivity contribution < 1.29 is 0 Å². The van der Waals surface area contributed by atoms with Crippen molar-refractivity contribution in [1.82, 2.24) is 9.55 Å². The summed E-state index contributed by atoms with van der Waals surface area (Å²) >= 11 is 2.00. The molecule has 2 aromatic rings. The second kappa shape index (κ2) is 4.55. The van der Waals surface area contributed by atoms with E-state index in [2.05, 4.69) is 39.3 Å². The second-order valence-electron chi connectivity index (χ2n) is 5.81. The van der Waals surface area contributed by atoms with E-state index in [1.807, 2.05) is 24.3 Å². The van der Waals surface area contributed by atoms with Gasteiger partial charge in [-0.1, -0.05) is 18.2 Å². The van der Waals surface area contributed by atoms with Crippen molar-refractivity contribution in [1.29, 1.82) is 0 Å². The number of fused-ring (bicyclic) bond motifs is 1. The Kier molecular flexibility index (Phi) is 2.81. The van der Waals surface area contributed by atoms with Crippen LogP contribution in [0.1, 0.15) is 18.4 Å². The van der Waals surface area contributed by atoms with Crippen LogP contribution in [0.15, 0.2) is 30.7 Å². The smallest absolute Gasteiger partial charge is 0.0951 e. The number of imidazole rings is 1. The number of anilines is 1. The van der Waals surface area contributed by atoms with Crippen LogP contribution in [0.2, 0.25) is 0 Å². The molecule has 0 bridgehead atoms. The molecule has 104 valence electrons. The van der Waals surface area contributed by atoms with Gasteiger partial charge in [-0.05, 0) is 31.1 Å². The molecule has 20 heavy (non-hydrogen) atoms. The molecule has 1 aliphatic heterocycles. The van der Waals surface area contributed by atoms with E-state index in [0.29, 0.717) is 4.75 Å². The average Bonchev–Trinajstić information content (AvgIpc) is 2.89. The first kappa shape index (κ1) is 12.3. The van der Waals surface area contributed by atoms with E-state index in [1.165, 1.54) is 35.3 Å². The van der Waals surface area contributed by atoms with Crippen molar-refractivity contribution in [2.75, 3.05) is 18.1 Å². The van der Waals surface area contributed by atoms with Gasteiger partial charge in [-0.25, -0.2) is 4.98 Å². The lowest BCUT2D eigenvalue weighted by atomic mass is 10.1. The predicted molar refractivity (Wildman–Crippen MR) is 85.3 cm³/mol. The average molecular weight is 285 g/mol. The number of hydrogen-bond acceptors (Lipinski definition) is 3. The standard InChI is InChI=1S/C16H19N3S/c1-20-16(6-7-16)10-19-11-17-9-14(19)13-4-2-3-12-5-8-18-15(12)13/h2-4,9,11,18H,5-8,10H2,1H3. The maximum atomic E-state index is 4.40. The van der Waals surface area contributed by atoms with Crippen molar-refractivity contribution in [2.24, 2.45) is 0 Å². The highest BCUT2D eigenvalue weighted by Gasteiger charge is 2.42. The fourth-order valence-corrected chi connectivity index (χ4v) is 3.88. The number of para-hydroxylation sites is 1. The second-order valence-corrected chi connectivity index (χ2v) is 7.08. The third kappa shape index (κ3) is 1.94. The van der Waals surface area contributed by atoms with E-state index in [1.54, 1.807) is 0 Å². The first-order chi connectivity index (χ1) is 9.81. The highest BCUT2D eigenvalue weighted by Crippen LogP contribution is 2.49. The molecule has 2 heterocycles. The molecule has 0 atom stereocenters. The minimum Gasteiger partial charge on any atom is -0.384 e. The molecule has 0 saturated heterocycles. The van der Waals surface area contributed by atoms with Gasteiger partial charge in [0.2, 0.25) is 0 Å². The highest BCUT2D eigenvalue weighted by molar-refractivity contribution is 8.00. The fraction of sp³-hybridized carbons (Fsp3) is 0.438. The quantitative estimate of drug-likeness (QED) is 0.933. The van der Waals surface area contributed by atoms with Crippen LogP contribution >= 0.6 is 11.8 Å². The van der Waals surface area contributed by atoms with Crippen LogP contribution in [0.5, 0.6) is 0 Å². The predicted octanol–water partition coefficient (Wildman–Crippen LogP) is 3.41. The van der Waals surface area contributed by atoms with Gasteiger partial charge in [-0.15, -0.1) is 0 Å². The molecule has 1 aromatic heterocycles. The normalized spacial score (nSPS) is 18.6. The zero-order valence-corrected chi connectivity index (χ0v) is 12.5. The topological polar surface area (TPSA) is 29.9 Å². The van der Waals surface area contributed by atoms with Gasteiger partial charge in [0.15, 0.2) is 0 Å². The number of benzene rings is 1. The summed E-state index contributed by atoms with van der Waals surface area (Å²) in [6.45, 7) is 2.13. The van der Waals surface area contributed by atoms with Gasteiger partial charge in [-0.3, -0.25) is 0 Å². The van der Waals surface area contributed by atoms with Crippen LogP contribution in [0, 0.1) is 0 Å². The molecule has 1 saturated carbocycles. The summed E-state index contributed by atoms with van der Waals surface area (Å²) in [6.07, 6.45) is 10.0. The molecule has 0 unspecified atom stereocenters. The van der Waals surface area contributed by atoms with Gasteiger partial charge in [0, 0.05) is 29.1 Å². The number of rotatable bonds is 4. The lowest BCUT2D eigenvalue weighted by Gasteiger charge is -2.16. The molecule has 3 nitrogen and oxygen atoms in total. The van der Waals surface area contributed by atoms with Crippen LogP contribution in [0.4, 0.5) is 5.69 Å². The number of nitrogens with one attached hydrogen (secondary N) is 1. The molecule has 0 spiro atoms. The molecular weight excluding hydrogens is 266 g/mol. The molecule has 1 N–H and O–H groups in total. The SMILES string of the molecule is CSC1(Cn2cncc2-c2cccc3c2NCC3)CC1. The third-order valence-corrected chi connectivity index (χ3v) is 5.94. The summed E-state index contributed by atoms with van der Waals surface area (Å²) in [4.78, 5) is 4.40. The Labute approximate surface area is 123 Å². The number of hydrogen-bond donors (Lipinski definition) is 1. The van der Waals surface area contributed by atoms with Crippen LogP contribution in [-0.4, -0.2) is 27.1 Å². The zero-order valence-electron chi connectivity index (χ0n) is 11.7. The zero-order chi connectivity index (χ0) is 13.6. The summed E-state index contributed by atoms with van der Waals surface area (Å²) in [5, 5.41) is 3.53. The van der Waals surface area contributed by atoms with Crippen LogP contribution in [0.25, 0.3) is 11.3 Å². The summed E-state index contributed by atoms with van der Waals surface area (Å²) in [5.74, 6) is 0. The van der Waals surface area contributed by atoms with Crippen LogP contribution < -0.4 is 5.32 Å². The first-order valence-electron chi connectivity index (χ1n) is 7.23. The van der Waals surface area contributed by atoms with Crippen molar-refractivity contribution >= 4 is 17.4 Å². The van der Waals surface area contributed by atoms with E-state index < -0.39 is 0 Å². The Morgan fingerprint density at radius 1 is 1.40 bits per heavy atom. The molecule has 1 fully saturated rings. The van der Waals surface area contributed by atoms with Crippen molar-refractivity contribution in [2.45, 2.75) is 30.6 Å². The highest BCUT2D eigenvalue weighted by atomic mass is 32.2. The Balaban J connectivity index is 1.73. The molecule has 4 rings (SSSR count). The van der Waals surface area contributed by atoms with Gasteiger partial charge in [0.25, 0.3) is 0 Å². The minimum atomic E-state index is 0.459. The minimum absolute atomic E-state index is 0.459. The molecule has 1 aromatic carbocycles. The van der Waals surface area contributed by atoms with Crippen LogP contribution in [-0.2, 0) is 13.0 Å². The number of nitrogens with zero attached hydrogens (tertiary/aromatic N) is 2. The Morgan fingerprint density at radius 2 is 2.30 bits per heavy atom. The molecule has 0 radical (unpaired) electrons. The van der Waals surface area contributed by atoms with Crippen LogP contribution in [0.3, 0.4) is 0 Å². The van der Waals surface area contributed by atoms with Crippen molar-refractivity contribution in [3.63, 3.8) is 0 Å². The van der Waals surface area contributed by atoms with E-state index in [4.69, 9.17) is 0 Å². The van der Waals surface area contributed by atoms with Gasteiger partial charge in [-0.2, -0.15) is 11.8 Å². The summed E-state index contributed by atoms with van der Waals surface area (Å²) in [7, 11) is 0. The Hall–Kier alpha value is -1.42. The summed E-state index contributed by atoms with van der Waals surface area (Å²) in [6, 6.07) is 6.60. The molecular formula is C16H19N3S. The van der Waals surface area contributed by atoms with Gasteiger partial charge in [0.05, 0.1) is 18.2 Å². The van der Waals surface area contributed by atoms with E-state index >= 15 is 0 Å².